The quantitative estimate of drug-likeness (QED) is 0.730. The van der Waals surface area contributed by atoms with Crippen LogP contribution in [0.3, 0.4) is 0 Å². The lowest BCUT2D eigenvalue weighted by Gasteiger charge is -2.10. The number of rotatable bonds is 4. The van der Waals surface area contributed by atoms with Gasteiger partial charge in [-0.2, -0.15) is 0 Å². The Morgan fingerprint density at radius 3 is 1.53 bits per heavy atom. The highest BCUT2D eigenvalue weighted by Crippen LogP contribution is 2.33. The Kier molecular flexibility index (Phi) is 4.27. The molecule has 0 bridgehead atoms. The Morgan fingerprint density at radius 1 is 0.706 bits per heavy atom. The first-order valence-corrected chi connectivity index (χ1v) is 7.00. The van der Waals surface area contributed by atoms with Crippen LogP contribution in [0.25, 0.3) is 0 Å². The SMILES string of the molecule is CCc1ccccc1Sc1ccccc1CC. The van der Waals surface area contributed by atoms with Gasteiger partial charge in [0.05, 0.1) is 0 Å². The van der Waals surface area contributed by atoms with Gasteiger partial charge in [0.15, 0.2) is 0 Å². The molecule has 0 saturated carbocycles. The minimum atomic E-state index is 1.09. The Morgan fingerprint density at radius 2 is 1.12 bits per heavy atom. The molecule has 2 aromatic rings. The molecule has 0 aromatic heterocycles. The van der Waals surface area contributed by atoms with Crippen LogP contribution in [-0.2, 0) is 12.8 Å². The van der Waals surface area contributed by atoms with E-state index in [2.05, 4.69) is 62.4 Å². The van der Waals surface area contributed by atoms with Gasteiger partial charge in [0.25, 0.3) is 0 Å². The summed E-state index contributed by atoms with van der Waals surface area (Å²) in [4.78, 5) is 2.77. The predicted octanol–water partition coefficient (Wildman–Crippen LogP) is 4.96. The molecular formula is C16H18S. The highest BCUT2D eigenvalue weighted by atomic mass is 32.2. The third kappa shape index (κ3) is 2.92. The molecule has 0 N–H and O–H groups in total. The van der Waals surface area contributed by atoms with Crippen LogP contribution < -0.4 is 0 Å². The zero-order valence-electron chi connectivity index (χ0n) is 10.4. The average molecular weight is 242 g/mol. The molecule has 0 nitrogen and oxygen atoms in total. The van der Waals surface area contributed by atoms with Crippen molar-refractivity contribution < 1.29 is 0 Å². The van der Waals surface area contributed by atoms with Crippen LogP contribution in [0.2, 0.25) is 0 Å². The van der Waals surface area contributed by atoms with E-state index in [4.69, 9.17) is 0 Å². The first-order valence-electron chi connectivity index (χ1n) is 6.18. The fourth-order valence-corrected chi connectivity index (χ4v) is 3.13. The topological polar surface area (TPSA) is 0 Å². The normalized spacial score (nSPS) is 10.5. The third-order valence-electron chi connectivity index (χ3n) is 2.93. The van der Waals surface area contributed by atoms with E-state index < -0.39 is 0 Å². The van der Waals surface area contributed by atoms with E-state index in [-0.39, 0.29) is 0 Å². The van der Waals surface area contributed by atoms with Crippen molar-refractivity contribution in [1.82, 2.24) is 0 Å². The summed E-state index contributed by atoms with van der Waals surface area (Å²) < 4.78 is 0. The van der Waals surface area contributed by atoms with Gasteiger partial charge >= 0.3 is 0 Å². The van der Waals surface area contributed by atoms with Crippen molar-refractivity contribution in [2.24, 2.45) is 0 Å². The minimum absolute atomic E-state index is 1.09. The van der Waals surface area contributed by atoms with E-state index in [1.807, 2.05) is 11.8 Å². The fourth-order valence-electron chi connectivity index (χ4n) is 1.91. The maximum absolute atomic E-state index is 2.22. The Hall–Kier alpha value is -1.21. The van der Waals surface area contributed by atoms with Crippen molar-refractivity contribution >= 4 is 11.8 Å². The van der Waals surface area contributed by atoms with Crippen LogP contribution in [0.1, 0.15) is 25.0 Å². The first-order chi connectivity index (χ1) is 8.35. The molecule has 2 aromatic carbocycles. The lowest BCUT2D eigenvalue weighted by Crippen LogP contribution is -1.87. The summed E-state index contributed by atoms with van der Waals surface area (Å²) in [5.74, 6) is 0. The second-order valence-corrected chi connectivity index (χ2v) is 5.11. The molecule has 0 atom stereocenters. The Bertz CT molecular complexity index is 443. The number of aryl methyl sites for hydroxylation is 2. The zero-order valence-corrected chi connectivity index (χ0v) is 11.3. The molecule has 0 radical (unpaired) electrons. The summed E-state index contributed by atoms with van der Waals surface area (Å²) >= 11 is 1.89. The van der Waals surface area contributed by atoms with Gasteiger partial charge in [-0.1, -0.05) is 62.0 Å². The molecule has 0 amide bonds. The maximum Gasteiger partial charge on any atom is 0.0154 e. The molecule has 17 heavy (non-hydrogen) atoms. The van der Waals surface area contributed by atoms with Crippen LogP contribution in [-0.4, -0.2) is 0 Å². The second kappa shape index (κ2) is 5.92. The number of benzene rings is 2. The van der Waals surface area contributed by atoms with E-state index in [0.717, 1.165) is 12.8 Å². The Balaban J connectivity index is 2.31. The van der Waals surface area contributed by atoms with Crippen LogP contribution in [0.5, 0.6) is 0 Å². The molecule has 1 heteroatoms. The van der Waals surface area contributed by atoms with Crippen molar-refractivity contribution in [2.45, 2.75) is 36.5 Å². The fraction of sp³-hybridized carbons (Fsp3) is 0.250. The summed E-state index contributed by atoms with van der Waals surface area (Å²) in [6, 6.07) is 17.4. The predicted molar refractivity (Wildman–Crippen MR) is 75.8 cm³/mol. The molecule has 0 saturated heterocycles. The van der Waals surface area contributed by atoms with Crippen LogP contribution in [0.4, 0.5) is 0 Å². The molecule has 0 aliphatic rings. The van der Waals surface area contributed by atoms with Crippen molar-refractivity contribution in [1.29, 1.82) is 0 Å². The number of hydrogen-bond acceptors (Lipinski definition) is 1. The average Bonchev–Trinajstić information content (AvgIpc) is 2.40. The summed E-state index contributed by atoms with van der Waals surface area (Å²) in [6.07, 6.45) is 2.19. The number of hydrogen-bond donors (Lipinski definition) is 0. The summed E-state index contributed by atoms with van der Waals surface area (Å²) in [6.45, 7) is 4.43. The molecule has 0 spiro atoms. The molecule has 0 aliphatic carbocycles. The first kappa shape index (κ1) is 12.3. The van der Waals surface area contributed by atoms with Gasteiger partial charge < -0.3 is 0 Å². The molecule has 88 valence electrons. The van der Waals surface area contributed by atoms with Crippen molar-refractivity contribution in [3.05, 3.63) is 59.7 Å². The molecular weight excluding hydrogens is 224 g/mol. The van der Waals surface area contributed by atoms with E-state index in [0.29, 0.717) is 0 Å². The molecule has 0 heterocycles. The van der Waals surface area contributed by atoms with Gasteiger partial charge in [0, 0.05) is 9.79 Å². The van der Waals surface area contributed by atoms with E-state index in [1.165, 1.54) is 20.9 Å². The maximum atomic E-state index is 2.22. The lowest BCUT2D eigenvalue weighted by molar-refractivity contribution is 1.06. The standard InChI is InChI=1S/C16H18S/c1-3-13-9-5-7-11-15(13)17-16-12-8-6-10-14(16)4-2/h5-12H,3-4H2,1-2H3. The van der Waals surface area contributed by atoms with Crippen LogP contribution in [0, 0.1) is 0 Å². The highest BCUT2D eigenvalue weighted by molar-refractivity contribution is 7.99. The van der Waals surface area contributed by atoms with Gasteiger partial charge in [-0.3, -0.25) is 0 Å². The van der Waals surface area contributed by atoms with Gasteiger partial charge in [0.1, 0.15) is 0 Å². The van der Waals surface area contributed by atoms with Gasteiger partial charge in [0.2, 0.25) is 0 Å². The third-order valence-corrected chi connectivity index (χ3v) is 4.16. The largest absolute Gasteiger partial charge is 0.0895 e. The van der Waals surface area contributed by atoms with Crippen LogP contribution >= 0.6 is 11.8 Å². The monoisotopic (exact) mass is 242 g/mol. The summed E-state index contributed by atoms with van der Waals surface area (Å²) in [5, 5.41) is 0. The van der Waals surface area contributed by atoms with Crippen molar-refractivity contribution in [3.63, 3.8) is 0 Å². The zero-order chi connectivity index (χ0) is 12.1. The van der Waals surface area contributed by atoms with Crippen LogP contribution in [0.15, 0.2) is 58.3 Å². The Labute approximate surface area is 108 Å². The molecule has 0 fully saturated rings. The summed E-state index contributed by atoms with van der Waals surface area (Å²) in [5.41, 5.74) is 2.87. The minimum Gasteiger partial charge on any atom is -0.0895 e. The molecule has 0 aliphatic heterocycles. The van der Waals surface area contributed by atoms with Crippen molar-refractivity contribution in [3.8, 4) is 0 Å². The van der Waals surface area contributed by atoms with E-state index in [1.54, 1.807) is 0 Å². The van der Waals surface area contributed by atoms with Crippen molar-refractivity contribution in [2.75, 3.05) is 0 Å². The second-order valence-electron chi connectivity index (χ2n) is 4.02. The smallest absolute Gasteiger partial charge is 0.0154 e. The van der Waals surface area contributed by atoms with Gasteiger partial charge in [-0.25, -0.2) is 0 Å². The van der Waals surface area contributed by atoms with E-state index >= 15 is 0 Å². The van der Waals surface area contributed by atoms with Gasteiger partial charge in [-0.05, 0) is 36.1 Å². The highest BCUT2D eigenvalue weighted by Gasteiger charge is 2.05. The molecule has 2 rings (SSSR count). The molecule has 0 unspecified atom stereocenters. The lowest BCUT2D eigenvalue weighted by atomic mass is 10.2. The van der Waals surface area contributed by atoms with E-state index in [9.17, 15) is 0 Å². The van der Waals surface area contributed by atoms with Gasteiger partial charge in [-0.15, -0.1) is 0 Å². The summed E-state index contributed by atoms with van der Waals surface area (Å²) in [7, 11) is 0.